The van der Waals surface area contributed by atoms with Gasteiger partial charge >= 0.3 is 12.0 Å². The molecule has 41 heavy (non-hydrogen) atoms. The van der Waals surface area contributed by atoms with Crippen LogP contribution in [0, 0.1) is 5.92 Å². The van der Waals surface area contributed by atoms with Crippen molar-refractivity contribution in [1.29, 1.82) is 0 Å². The van der Waals surface area contributed by atoms with Crippen molar-refractivity contribution >= 4 is 41.0 Å². The summed E-state index contributed by atoms with van der Waals surface area (Å²) in [5.41, 5.74) is 10.3. The maximum Gasteiger partial charge on any atom is 0.337 e. The molecule has 220 valence electrons. The number of amides is 3. The van der Waals surface area contributed by atoms with Gasteiger partial charge in [-0.05, 0) is 67.1 Å². The van der Waals surface area contributed by atoms with Crippen LogP contribution in [0.1, 0.15) is 66.6 Å². The Morgan fingerprint density at radius 1 is 1.22 bits per heavy atom. The normalized spacial score (nSPS) is 18.4. The first-order chi connectivity index (χ1) is 19.7. The van der Waals surface area contributed by atoms with E-state index in [0.717, 1.165) is 36.1 Å². The van der Waals surface area contributed by atoms with Gasteiger partial charge in [-0.2, -0.15) is 0 Å². The smallest absolute Gasteiger partial charge is 0.337 e. The van der Waals surface area contributed by atoms with Crippen LogP contribution in [0.15, 0.2) is 41.4 Å². The Morgan fingerprint density at radius 3 is 2.63 bits per heavy atom. The van der Waals surface area contributed by atoms with E-state index in [1.54, 1.807) is 31.4 Å². The number of anilines is 1. The fourth-order valence-electron chi connectivity index (χ4n) is 5.16. The van der Waals surface area contributed by atoms with Crippen LogP contribution in [0.5, 0.6) is 5.75 Å². The number of carboxylic acids is 1. The van der Waals surface area contributed by atoms with E-state index >= 15 is 0 Å². The number of ether oxygens (including phenoxy) is 1. The van der Waals surface area contributed by atoms with Crippen LogP contribution >= 0.6 is 11.6 Å². The largest absolute Gasteiger partial charge is 0.496 e. The molecule has 1 aliphatic carbocycles. The van der Waals surface area contributed by atoms with Crippen molar-refractivity contribution in [1.82, 2.24) is 15.7 Å². The molecule has 0 spiro atoms. The maximum absolute atomic E-state index is 13.8. The molecule has 0 aromatic heterocycles. The quantitative estimate of drug-likeness (QED) is 0.250. The van der Waals surface area contributed by atoms with Crippen molar-refractivity contribution in [2.45, 2.75) is 57.6 Å². The fraction of sp³-hybridized carbons (Fsp3) is 0.448. The summed E-state index contributed by atoms with van der Waals surface area (Å²) in [6.45, 7) is 1.91. The third-order valence-corrected chi connectivity index (χ3v) is 7.67. The number of methoxy groups -OCH3 is 1. The lowest BCUT2D eigenvalue weighted by Gasteiger charge is -2.27. The molecular formula is C29H36ClN5O6. The number of nitrogens with two attached hydrogens (primary N) is 1. The number of carboxylic acid groups (broad SMARTS) is 1. The van der Waals surface area contributed by atoms with E-state index in [2.05, 4.69) is 15.8 Å². The predicted octanol–water partition coefficient (Wildman–Crippen LogP) is 4.35. The summed E-state index contributed by atoms with van der Waals surface area (Å²) >= 11 is 6.22. The van der Waals surface area contributed by atoms with E-state index in [4.69, 9.17) is 26.9 Å². The minimum Gasteiger partial charge on any atom is -0.496 e. The molecule has 2 aliphatic rings. The van der Waals surface area contributed by atoms with Gasteiger partial charge in [-0.3, -0.25) is 25.0 Å². The zero-order valence-corrected chi connectivity index (χ0v) is 23.9. The topological polar surface area (TPSA) is 156 Å². The molecule has 4 rings (SSSR count). The number of urea groups is 1. The number of nitrogens with zero attached hydrogens (tertiary/aromatic N) is 2. The number of carbonyl (C=O) groups excluding carboxylic acids is 2. The van der Waals surface area contributed by atoms with Gasteiger partial charge in [-0.15, -0.1) is 0 Å². The number of aliphatic imine (C=N–C) groups is 1. The van der Waals surface area contributed by atoms with E-state index in [1.807, 2.05) is 6.92 Å². The van der Waals surface area contributed by atoms with Gasteiger partial charge in [-0.25, -0.2) is 9.59 Å². The highest BCUT2D eigenvalue weighted by molar-refractivity contribution is 6.30. The second-order valence-electron chi connectivity index (χ2n) is 10.3. The number of amidine groups is 1. The third-order valence-electron chi connectivity index (χ3n) is 7.44. The lowest BCUT2D eigenvalue weighted by molar-refractivity contribution is -0.131. The molecule has 11 nitrogen and oxygen atoms in total. The molecule has 12 heteroatoms. The molecule has 0 saturated heterocycles. The average Bonchev–Trinajstić information content (AvgIpc) is 3.42. The molecule has 2 aromatic rings. The highest BCUT2D eigenvalue weighted by Gasteiger charge is 2.34. The molecule has 3 amide bonds. The molecule has 1 heterocycles. The minimum atomic E-state index is -1.14. The highest BCUT2D eigenvalue weighted by Crippen LogP contribution is 2.28. The number of hydrogen-bond acceptors (Lipinski definition) is 8. The average molecular weight is 586 g/mol. The molecule has 2 aromatic carbocycles. The summed E-state index contributed by atoms with van der Waals surface area (Å²) in [7, 11) is 1.54. The first kappa shape index (κ1) is 30.1. The molecule has 1 aliphatic heterocycles. The lowest BCUT2D eigenvalue weighted by Crippen LogP contribution is -2.50. The number of rotatable bonds is 9. The van der Waals surface area contributed by atoms with Crippen molar-refractivity contribution in [3.63, 3.8) is 0 Å². The number of halogens is 1. The van der Waals surface area contributed by atoms with E-state index in [0.29, 0.717) is 28.6 Å². The molecule has 1 saturated carbocycles. The van der Waals surface area contributed by atoms with Crippen LogP contribution in [-0.2, 0) is 16.1 Å². The van der Waals surface area contributed by atoms with Gasteiger partial charge in [0.2, 0.25) is 5.91 Å². The molecule has 0 bridgehead atoms. The zero-order valence-electron chi connectivity index (χ0n) is 23.2. The summed E-state index contributed by atoms with van der Waals surface area (Å²) in [4.78, 5) is 50.4. The molecule has 5 N–H and O–H groups in total. The molecular weight excluding hydrogens is 550 g/mol. The van der Waals surface area contributed by atoms with Gasteiger partial charge in [0.05, 0.1) is 43.8 Å². The van der Waals surface area contributed by atoms with Gasteiger partial charge in [0.15, 0.2) is 0 Å². The maximum atomic E-state index is 13.8. The van der Waals surface area contributed by atoms with Crippen LogP contribution in [0.3, 0.4) is 0 Å². The van der Waals surface area contributed by atoms with Gasteiger partial charge < -0.3 is 20.9 Å². The number of imide groups is 1. The summed E-state index contributed by atoms with van der Waals surface area (Å²) < 4.78 is 5.47. The van der Waals surface area contributed by atoms with Crippen LogP contribution in [-0.4, -0.2) is 60.1 Å². The molecule has 0 unspecified atom stereocenters. The zero-order chi connectivity index (χ0) is 29.5. The molecule has 1 fully saturated rings. The molecule has 0 radical (unpaired) electrons. The highest BCUT2D eigenvalue weighted by atomic mass is 35.5. The summed E-state index contributed by atoms with van der Waals surface area (Å²) in [6, 6.07) is 8.61. The predicted molar refractivity (Wildman–Crippen MR) is 155 cm³/mol. The minimum absolute atomic E-state index is 0.0221. The summed E-state index contributed by atoms with van der Waals surface area (Å²) in [5, 5.41) is 12.7. The number of aromatic carboxylic acids is 1. The van der Waals surface area contributed by atoms with Gasteiger partial charge in [0, 0.05) is 10.7 Å². The Labute approximate surface area is 244 Å². The third kappa shape index (κ3) is 7.47. The number of benzene rings is 2. The van der Waals surface area contributed by atoms with Crippen LogP contribution in [0.2, 0.25) is 5.02 Å². The molecule has 2 atom stereocenters. The standard InChI is InChI=1S/C29H36ClN5O6/c1-3-24(17-8-10-22(28(37)38)23(31)14-17)33-29(39)35-16-26(34-41-21-6-4-5-7-21)32-15-19(27(35)36)12-18-13-20(30)9-11-25(18)40-2/h8-11,13-14,19,21,24H,3-7,12,15-16,31H2,1-2H3,(H,32,34)(H,33,39)(H,37,38)/t19-,24+/m0/s1. The monoisotopic (exact) mass is 585 g/mol. The van der Waals surface area contributed by atoms with Gasteiger partial charge in [0.25, 0.3) is 0 Å². The SMILES string of the molecule is CC[C@@H](NC(=O)N1CC(NOC2CCCC2)=NC[C@H](Cc2cc(Cl)ccc2OC)C1=O)c1ccc(C(=O)O)c(N)c1. The Kier molecular flexibility index (Phi) is 10.1. The van der Waals surface area contributed by atoms with Crippen molar-refractivity contribution < 1.29 is 29.1 Å². The lowest BCUT2D eigenvalue weighted by atomic mass is 9.97. The van der Waals surface area contributed by atoms with E-state index < -0.39 is 29.9 Å². The first-order valence-corrected chi connectivity index (χ1v) is 14.1. The van der Waals surface area contributed by atoms with E-state index in [1.165, 1.54) is 12.1 Å². The van der Waals surface area contributed by atoms with Crippen molar-refractivity contribution in [2.75, 3.05) is 25.9 Å². The van der Waals surface area contributed by atoms with E-state index in [-0.39, 0.29) is 36.9 Å². The number of nitrogens with one attached hydrogen (secondary N) is 2. The van der Waals surface area contributed by atoms with Crippen molar-refractivity contribution in [3.8, 4) is 5.75 Å². The second-order valence-corrected chi connectivity index (χ2v) is 10.7. The van der Waals surface area contributed by atoms with Crippen LogP contribution in [0.25, 0.3) is 0 Å². The Morgan fingerprint density at radius 2 is 1.98 bits per heavy atom. The van der Waals surface area contributed by atoms with Crippen molar-refractivity contribution in [3.05, 3.63) is 58.1 Å². The van der Waals surface area contributed by atoms with Gasteiger partial charge in [0.1, 0.15) is 11.6 Å². The Balaban J connectivity index is 1.57. The van der Waals surface area contributed by atoms with Gasteiger partial charge in [-0.1, -0.05) is 37.4 Å². The summed E-state index contributed by atoms with van der Waals surface area (Å²) in [5.74, 6) is -1.24. The Hall–Kier alpha value is -3.83. The number of carbonyl (C=O) groups is 3. The fourth-order valence-corrected chi connectivity index (χ4v) is 5.35. The number of nitrogen functional groups attached to an aromatic ring is 1. The van der Waals surface area contributed by atoms with Crippen LogP contribution in [0.4, 0.5) is 10.5 Å². The Bertz CT molecular complexity index is 1310. The number of hydrogen-bond donors (Lipinski definition) is 4. The second kappa shape index (κ2) is 13.7. The van der Waals surface area contributed by atoms with Crippen molar-refractivity contribution in [2.24, 2.45) is 10.9 Å². The number of hydroxylamine groups is 1. The van der Waals surface area contributed by atoms with Crippen LogP contribution < -0.4 is 21.3 Å². The van der Waals surface area contributed by atoms with E-state index in [9.17, 15) is 19.5 Å². The summed E-state index contributed by atoms with van der Waals surface area (Å²) in [6.07, 6.45) is 4.83. The first-order valence-electron chi connectivity index (χ1n) is 13.7.